The van der Waals surface area contributed by atoms with Gasteiger partial charge in [-0.25, -0.2) is 0 Å². The lowest BCUT2D eigenvalue weighted by atomic mass is 9.92. The molecular weight excluding hydrogens is 170 g/mol. The van der Waals surface area contributed by atoms with Crippen LogP contribution in [0.2, 0.25) is 0 Å². The van der Waals surface area contributed by atoms with Gasteiger partial charge in [0, 0.05) is 17.3 Å². The van der Waals surface area contributed by atoms with Crippen LogP contribution in [0, 0.1) is 0 Å². The predicted octanol–water partition coefficient (Wildman–Crippen LogP) is 0.0488. The number of nitrogens with one attached hydrogen (secondary N) is 1. The summed E-state index contributed by atoms with van der Waals surface area (Å²) in [5.74, 6) is 0.0848. The summed E-state index contributed by atoms with van der Waals surface area (Å²) in [6.45, 7) is 3.14. The highest BCUT2D eigenvalue weighted by atomic mass is 16.3. The summed E-state index contributed by atoms with van der Waals surface area (Å²) in [4.78, 5) is 0. The Hall–Kier alpha value is -1.00. The van der Waals surface area contributed by atoms with Crippen molar-refractivity contribution in [3.63, 3.8) is 0 Å². The highest BCUT2D eigenvalue weighted by molar-refractivity contribution is 5.40. The Labute approximate surface area is 77.2 Å². The van der Waals surface area contributed by atoms with E-state index in [0.717, 1.165) is 0 Å². The molecule has 0 amide bonds. The van der Waals surface area contributed by atoms with E-state index in [9.17, 15) is 5.11 Å². The maximum atomic E-state index is 9.70. The molecule has 74 valence electrons. The Balaban J connectivity index is 3.08. The minimum Gasteiger partial charge on any atom is -0.509 e. The normalized spacial score (nSPS) is 21.1. The van der Waals surface area contributed by atoms with Gasteiger partial charge in [-0.2, -0.15) is 0 Å². The van der Waals surface area contributed by atoms with Gasteiger partial charge in [0.15, 0.2) is 0 Å². The molecule has 0 fully saturated rings. The van der Waals surface area contributed by atoms with Gasteiger partial charge in [-0.05, 0) is 13.8 Å². The van der Waals surface area contributed by atoms with Gasteiger partial charge in [0.05, 0.1) is 18.8 Å². The molecule has 4 N–H and O–H groups in total. The standard InChI is InChI=1S/C9H15NO3/c1-9(2)8(13)7(5-12)6(4-11)3-10-9/h3,10-13H,4-5H2,1-2H3. The zero-order chi connectivity index (χ0) is 10.1. The maximum Gasteiger partial charge on any atom is 0.123 e. The molecule has 1 heterocycles. The van der Waals surface area contributed by atoms with Crippen molar-refractivity contribution in [1.82, 2.24) is 5.32 Å². The van der Waals surface area contributed by atoms with Crippen molar-refractivity contribution in [1.29, 1.82) is 0 Å². The minimum atomic E-state index is -0.573. The molecule has 13 heavy (non-hydrogen) atoms. The maximum absolute atomic E-state index is 9.70. The van der Waals surface area contributed by atoms with E-state index in [2.05, 4.69) is 5.32 Å². The summed E-state index contributed by atoms with van der Waals surface area (Å²) >= 11 is 0. The highest BCUT2D eigenvalue weighted by Gasteiger charge is 2.29. The van der Waals surface area contributed by atoms with Gasteiger partial charge in [0.2, 0.25) is 0 Å². The van der Waals surface area contributed by atoms with Crippen molar-refractivity contribution in [2.24, 2.45) is 0 Å². The van der Waals surface area contributed by atoms with Crippen molar-refractivity contribution >= 4 is 0 Å². The van der Waals surface area contributed by atoms with Crippen LogP contribution in [0.5, 0.6) is 0 Å². The second-order valence-corrected chi connectivity index (χ2v) is 3.58. The van der Waals surface area contributed by atoms with E-state index in [1.54, 1.807) is 20.0 Å². The van der Waals surface area contributed by atoms with Crippen LogP contribution in [0.15, 0.2) is 23.1 Å². The van der Waals surface area contributed by atoms with Crippen LogP contribution >= 0.6 is 0 Å². The molecule has 1 aliphatic heterocycles. The number of dihydropyridines is 1. The number of hydrogen-bond acceptors (Lipinski definition) is 4. The first-order chi connectivity index (χ1) is 6.03. The summed E-state index contributed by atoms with van der Waals surface area (Å²) in [5, 5.41) is 30.5. The summed E-state index contributed by atoms with van der Waals surface area (Å²) in [6, 6.07) is 0. The van der Waals surface area contributed by atoms with Gasteiger partial charge in [-0.3, -0.25) is 0 Å². The van der Waals surface area contributed by atoms with E-state index in [0.29, 0.717) is 11.1 Å². The largest absolute Gasteiger partial charge is 0.509 e. The number of hydrogen-bond donors (Lipinski definition) is 4. The monoisotopic (exact) mass is 185 g/mol. The van der Waals surface area contributed by atoms with Crippen molar-refractivity contribution < 1.29 is 15.3 Å². The molecule has 4 nitrogen and oxygen atoms in total. The molecular formula is C9H15NO3. The first-order valence-electron chi connectivity index (χ1n) is 4.14. The Kier molecular flexibility index (Phi) is 2.63. The quantitative estimate of drug-likeness (QED) is 0.490. The van der Waals surface area contributed by atoms with Gasteiger partial charge >= 0.3 is 0 Å². The summed E-state index contributed by atoms with van der Waals surface area (Å²) in [7, 11) is 0. The van der Waals surface area contributed by atoms with Crippen LogP contribution in [0.1, 0.15) is 13.8 Å². The molecule has 0 atom stereocenters. The lowest BCUT2D eigenvalue weighted by Gasteiger charge is -2.31. The van der Waals surface area contributed by atoms with E-state index in [1.165, 1.54) is 0 Å². The lowest BCUT2D eigenvalue weighted by molar-refractivity contribution is 0.254. The molecule has 1 aliphatic rings. The van der Waals surface area contributed by atoms with E-state index in [4.69, 9.17) is 10.2 Å². The topological polar surface area (TPSA) is 72.7 Å². The highest BCUT2D eigenvalue weighted by Crippen LogP contribution is 2.25. The van der Waals surface area contributed by atoms with Crippen LogP contribution in [-0.2, 0) is 0 Å². The van der Waals surface area contributed by atoms with Gasteiger partial charge in [0.25, 0.3) is 0 Å². The van der Waals surface area contributed by atoms with Gasteiger partial charge in [0.1, 0.15) is 5.76 Å². The Morgan fingerprint density at radius 3 is 2.38 bits per heavy atom. The molecule has 0 saturated heterocycles. The fourth-order valence-electron chi connectivity index (χ4n) is 1.27. The van der Waals surface area contributed by atoms with Gasteiger partial charge < -0.3 is 20.6 Å². The Morgan fingerprint density at radius 1 is 1.31 bits per heavy atom. The first kappa shape index (κ1) is 10.1. The third-order valence-corrected chi connectivity index (χ3v) is 2.20. The molecule has 0 aromatic heterocycles. The van der Waals surface area contributed by atoms with Crippen molar-refractivity contribution in [3.05, 3.63) is 23.1 Å². The molecule has 0 aromatic rings. The molecule has 0 unspecified atom stereocenters. The fraction of sp³-hybridized carbons (Fsp3) is 0.556. The minimum absolute atomic E-state index is 0.0848. The number of aliphatic hydroxyl groups excluding tert-OH is 3. The number of aliphatic hydroxyl groups is 3. The van der Waals surface area contributed by atoms with Crippen LogP contribution < -0.4 is 5.32 Å². The van der Waals surface area contributed by atoms with E-state index in [-0.39, 0.29) is 19.0 Å². The molecule has 0 radical (unpaired) electrons. The predicted molar refractivity (Wildman–Crippen MR) is 49.1 cm³/mol. The Bertz CT molecular complexity index is 266. The summed E-state index contributed by atoms with van der Waals surface area (Å²) in [5.41, 5.74) is 0.363. The van der Waals surface area contributed by atoms with Crippen molar-refractivity contribution in [3.8, 4) is 0 Å². The lowest BCUT2D eigenvalue weighted by Crippen LogP contribution is -2.42. The average Bonchev–Trinajstić information content (AvgIpc) is 2.09. The van der Waals surface area contributed by atoms with E-state index >= 15 is 0 Å². The zero-order valence-corrected chi connectivity index (χ0v) is 7.83. The van der Waals surface area contributed by atoms with Crippen LogP contribution in [0.25, 0.3) is 0 Å². The van der Waals surface area contributed by atoms with Gasteiger partial charge in [-0.15, -0.1) is 0 Å². The molecule has 0 aliphatic carbocycles. The second-order valence-electron chi connectivity index (χ2n) is 3.58. The fourth-order valence-corrected chi connectivity index (χ4v) is 1.27. The zero-order valence-electron chi connectivity index (χ0n) is 7.83. The third kappa shape index (κ3) is 1.68. The molecule has 0 bridgehead atoms. The van der Waals surface area contributed by atoms with Crippen LogP contribution in [0.3, 0.4) is 0 Å². The third-order valence-electron chi connectivity index (χ3n) is 2.20. The smallest absolute Gasteiger partial charge is 0.123 e. The van der Waals surface area contributed by atoms with Crippen LogP contribution in [0.4, 0.5) is 0 Å². The molecule has 0 saturated carbocycles. The molecule has 0 aromatic carbocycles. The van der Waals surface area contributed by atoms with Gasteiger partial charge in [-0.1, -0.05) is 0 Å². The molecule has 1 rings (SSSR count). The second kappa shape index (κ2) is 3.40. The van der Waals surface area contributed by atoms with Crippen molar-refractivity contribution in [2.45, 2.75) is 19.4 Å². The van der Waals surface area contributed by atoms with Crippen molar-refractivity contribution in [2.75, 3.05) is 13.2 Å². The van der Waals surface area contributed by atoms with E-state index in [1.807, 2.05) is 0 Å². The molecule has 4 heteroatoms. The Morgan fingerprint density at radius 2 is 1.92 bits per heavy atom. The van der Waals surface area contributed by atoms with Crippen LogP contribution in [-0.4, -0.2) is 34.1 Å². The molecule has 0 spiro atoms. The summed E-state index contributed by atoms with van der Waals surface area (Å²) < 4.78 is 0. The summed E-state index contributed by atoms with van der Waals surface area (Å²) in [6.07, 6.45) is 1.62. The first-order valence-corrected chi connectivity index (χ1v) is 4.14. The number of rotatable bonds is 2. The SMILES string of the molecule is CC1(C)NC=C(CO)C(CO)=C1O. The average molecular weight is 185 g/mol. The van der Waals surface area contributed by atoms with E-state index < -0.39 is 5.54 Å².